The van der Waals surface area contributed by atoms with Crippen molar-refractivity contribution in [2.75, 3.05) is 13.2 Å². The Hall–Kier alpha value is -1.16. The molecule has 0 bridgehead atoms. The number of rotatable bonds is 2. The standard InChI is InChI=1S/C15H14Cl2N2O/c1-9-4-2-3-5-11(9)12-13(16)18-15(19-14(12)17)10-6-7-20-8-10/h2-5,10H,6-8H2,1H3. The van der Waals surface area contributed by atoms with Gasteiger partial charge < -0.3 is 4.74 Å². The molecular weight excluding hydrogens is 295 g/mol. The van der Waals surface area contributed by atoms with Crippen LogP contribution in [0.25, 0.3) is 11.1 Å². The van der Waals surface area contributed by atoms with Gasteiger partial charge in [0.25, 0.3) is 0 Å². The highest BCUT2D eigenvalue weighted by Crippen LogP contribution is 2.36. The number of halogens is 2. The second kappa shape index (κ2) is 5.68. The zero-order chi connectivity index (χ0) is 14.1. The molecular formula is C15H14Cl2N2O. The fourth-order valence-electron chi connectivity index (χ4n) is 2.42. The van der Waals surface area contributed by atoms with E-state index in [0.717, 1.165) is 24.2 Å². The molecule has 1 aromatic carbocycles. The van der Waals surface area contributed by atoms with Crippen molar-refractivity contribution in [3.63, 3.8) is 0 Å². The predicted octanol–water partition coefficient (Wildman–Crippen LogP) is 4.26. The van der Waals surface area contributed by atoms with Gasteiger partial charge in [-0.25, -0.2) is 9.97 Å². The molecule has 1 fully saturated rings. The molecule has 0 amide bonds. The summed E-state index contributed by atoms with van der Waals surface area (Å²) in [7, 11) is 0. The van der Waals surface area contributed by atoms with E-state index in [4.69, 9.17) is 27.9 Å². The Kier molecular flexibility index (Phi) is 3.92. The Balaban J connectivity index is 2.07. The Bertz CT molecular complexity index is 617. The highest BCUT2D eigenvalue weighted by Gasteiger charge is 2.23. The second-order valence-electron chi connectivity index (χ2n) is 4.91. The minimum Gasteiger partial charge on any atom is -0.381 e. The molecule has 0 spiro atoms. The maximum Gasteiger partial charge on any atom is 0.142 e. The number of benzene rings is 1. The summed E-state index contributed by atoms with van der Waals surface area (Å²) in [4.78, 5) is 8.85. The maximum atomic E-state index is 6.34. The van der Waals surface area contributed by atoms with Crippen molar-refractivity contribution < 1.29 is 4.74 Å². The molecule has 3 rings (SSSR count). The lowest BCUT2D eigenvalue weighted by atomic mass is 10.0. The predicted molar refractivity (Wildman–Crippen MR) is 80.4 cm³/mol. The molecule has 1 aliphatic heterocycles. The van der Waals surface area contributed by atoms with E-state index in [1.807, 2.05) is 31.2 Å². The topological polar surface area (TPSA) is 35.0 Å². The molecule has 104 valence electrons. The van der Waals surface area contributed by atoms with Crippen LogP contribution in [0, 0.1) is 6.92 Å². The largest absolute Gasteiger partial charge is 0.381 e. The lowest BCUT2D eigenvalue weighted by Gasteiger charge is -2.12. The number of ether oxygens (including phenoxy) is 1. The summed E-state index contributed by atoms with van der Waals surface area (Å²) in [5.74, 6) is 0.866. The van der Waals surface area contributed by atoms with Crippen molar-refractivity contribution in [3.05, 3.63) is 46.0 Å². The first-order chi connectivity index (χ1) is 9.66. The molecule has 1 saturated heterocycles. The van der Waals surface area contributed by atoms with Gasteiger partial charge in [-0.05, 0) is 24.5 Å². The fourth-order valence-corrected chi connectivity index (χ4v) is 3.02. The normalized spacial score (nSPS) is 18.4. The molecule has 5 heteroatoms. The highest BCUT2D eigenvalue weighted by molar-refractivity contribution is 6.37. The lowest BCUT2D eigenvalue weighted by Crippen LogP contribution is -2.06. The summed E-state index contributed by atoms with van der Waals surface area (Å²) in [6, 6.07) is 7.92. The first-order valence-corrected chi connectivity index (χ1v) is 7.29. The maximum absolute atomic E-state index is 6.34. The Morgan fingerprint density at radius 2 is 1.85 bits per heavy atom. The van der Waals surface area contributed by atoms with Gasteiger partial charge >= 0.3 is 0 Å². The van der Waals surface area contributed by atoms with Gasteiger partial charge in [0.05, 0.1) is 12.2 Å². The van der Waals surface area contributed by atoms with Crippen molar-refractivity contribution in [1.82, 2.24) is 9.97 Å². The lowest BCUT2D eigenvalue weighted by molar-refractivity contribution is 0.193. The van der Waals surface area contributed by atoms with Crippen LogP contribution in [-0.4, -0.2) is 23.2 Å². The first-order valence-electron chi connectivity index (χ1n) is 6.53. The van der Waals surface area contributed by atoms with Crippen molar-refractivity contribution in [2.45, 2.75) is 19.3 Å². The summed E-state index contributed by atoms with van der Waals surface area (Å²) in [6.07, 6.45) is 0.913. The minimum atomic E-state index is 0.191. The van der Waals surface area contributed by atoms with Crippen LogP contribution in [-0.2, 0) is 4.74 Å². The van der Waals surface area contributed by atoms with Gasteiger partial charge in [0.15, 0.2) is 0 Å². The van der Waals surface area contributed by atoms with E-state index < -0.39 is 0 Å². The van der Waals surface area contributed by atoms with Gasteiger partial charge in [-0.3, -0.25) is 0 Å². The van der Waals surface area contributed by atoms with E-state index in [-0.39, 0.29) is 5.92 Å². The van der Waals surface area contributed by atoms with Crippen LogP contribution < -0.4 is 0 Å². The third-order valence-electron chi connectivity index (χ3n) is 3.55. The summed E-state index contributed by atoms with van der Waals surface area (Å²) in [5, 5.41) is 0.808. The van der Waals surface area contributed by atoms with Crippen LogP contribution >= 0.6 is 23.2 Å². The number of aromatic nitrogens is 2. The fraction of sp³-hybridized carbons (Fsp3) is 0.333. The van der Waals surface area contributed by atoms with E-state index in [0.29, 0.717) is 28.3 Å². The van der Waals surface area contributed by atoms with E-state index in [1.54, 1.807) is 0 Å². The average molecular weight is 309 g/mol. The van der Waals surface area contributed by atoms with Crippen LogP contribution in [0.3, 0.4) is 0 Å². The molecule has 1 aliphatic rings. The summed E-state index contributed by atoms with van der Waals surface area (Å²) < 4.78 is 5.36. The van der Waals surface area contributed by atoms with E-state index in [9.17, 15) is 0 Å². The molecule has 1 aromatic heterocycles. The number of aryl methyl sites for hydroxylation is 1. The van der Waals surface area contributed by atoms with Gasteiger partial charge in [0.2, 0.25) is 0 Å². The van der Waals surface area contributed by atoms with Gasteiger partial charge in [-0.2, -0.15) is 0 Å². The monoisotopic (exact) mass is 308 g/mol. The first kappa shape index (κ1) is 13.8. The Labute approximate surface area is 127 Å². The number of nitrogens with zero attached hydrogens (tertiary/aromatic N) is 2. The van der Waals surface area contributed by atoms with E-state index >= 15 is 0 Å². The van der Waals surface area contributed by atoms with Gasteiger partial charge in [0.1, 0.15) is 16.1 Å². The molecule has 1 unspecified atom stereocenters. The Morgan fingerprint density at radius 1 is 1.15 bits per heavy atom. The van der Waals surface area contributed by atoms with Crippen molar-refractivity contribution in [3.8, 4) is 11.1 Å². The molecule has 20 heavy (non-hydrogen) atoms. The van der Waals surface area contributed by atoms with Crippen LogP contribution in [0.2, 0.25) is 10.3 Å². The molecule has 0 radical (unpaired) electrons. The minimum absolute atomic E-state index is 0.191. The van der Waals surface area contributed by atoms with E-state index in [1.165, 1.54) is 0 Å². The third kappa shape index (κ3) is 2.53. The quantitative estimate of drug-likeness (QED) is 0.777. The smallest absolute Gasteiger partial charge is 0.142 e. The number of hydrogen-bond acceptors (Lipinski definition) is 3. The van der Waals surface area contributed by atoms with Gasteiger partial charge in [-0.15, -0.1) is 0 Å². The van der Waals surface area contributed by atoms with Gasteiger partial charge in [0, 0.05) is 12.5 Å². The van der Waals surface area contributed by atoms with Crippen LogP contribution in [0.5, 0.6) is 0 Å². The molecule has 2 heterocycles. The van der Waals surface area contributed by atoms with Crippen molar-refractivity contribution in [2.24, 2.45) is 0 Å². The SMILES string of the molecule is Cc1ccccc1-c1c(Cl)nc(C2CCOC2)nc1Cl. The molecule has 0 aliphatic carbocycles. The third-order valence-corrected chi connectivity index (χ3v) is 4.09. The van der Waals surface area contributed by atoms with Crippen molar-refractivity contribution >= 4 is 23.2 Å². The molecule has 0 saturated carbocycles. The average Bonchev–Trinajstić information content (AvgIpc) is 2.94. The molecule has 3 nitrogen and oxygen atoms in total. The molecule has 1 atom stereocenters. The van der Waals surface area contributed by atoms with E-state index in [2.05, 4.69) is 9.97 Å². The second-order valence-corrected chi connectivity index (χ2v) is 5.63. The van der Waals surface area contributed by atoms with Gasteiger partial charge in [-0.1, -0.05) is 47.5 Å². The molecule has 0 N–H and O–H groups in total. The van der Waals surface area contributed by atoms with Crippen LogP contribution in [0.15, 0.2) is 24.3 Å². The Morgan fingerprint density at radius 3 is 2.45 bits per heavy atom. The summed E-state index contributed by atoms with van der Waals surface area (Å²) >= 11 is 12.7. The summed E-state index contributed by atoms with van der Waals surface area (Å²) in [6.45, 7) is 3.39. The van der Waals surface area contributed by atoms with Crippen LogP contribution in [0.4, 0.5) is 0 Å². The number of hydrogen-bond donors (Lipinski definition) is 0. The molecule has 2 aromatic rings. The summed E-state index contributed by atoms with van der Waals surface area (Å²) in [5.41, 5.74) is 2.77. The zero-order valence-electron chi connectivity index (χ0n) is 11.1. The highest BCUT2D eigenvalue weighted by atomic mass is 35.5. The zero-order valence-corrected chi connectivity index (χ0v) is 12.6. The van der Waals surface area contributed by atoms with Crippen molar-refractivity contribution in [1.29, 1.82) is 0 Å². The van der Waals surface area contributed by atoms with Crippen LogP contribution in [0.1, 0.15) is 23.7 Å².